The summed E-state index contributed by atoms with van der Waals surface area (Å²) < 4.78 is 41.6. The average Bonchev–Trinajstić information content (AvgIpc) is 2.58. The molecule has 0 aliphatic heterocycles. The molecule has 0 saturated heterocycles. The van der Waals surface area contributed by atoms with Gasteiger partial charge in [-0.3, -0.25) is 14.4 Å². The molecule has 2 N–H and O–H groups in total. The maximum absolute atomic E-state index is 13.5. The van der Waals surface area contributed by atoms with Crippen molar-refractivity contribution in [3.05, 3.63) is 33.7 Å². The Hall–Kier alpha value is -2.36. The number of aromatic nitrogens is 1. The first-order chi connectivity index (χ1) is 14.2. The largest absolute Gasteiger partial charge is 0.481 e. The molecule has 0 aromatic carbocycles. The number of nitrogens with zero attached hydrogens (tertiary/aromatic N) is 2. The zero-order chi connectivity index (χ0) is 23.9. The van der Waals surface area contributed by atoms with Gasteiger partial charge in [-0.25, -0.2) is 0 Å². The number of amides is 1. The van der Waals surface area contributed by atoms with Crippen LogP contribution in [0.1, 0.15) is 57.2 Å². The molecule has 0 aliphatic carbocycles. The summed E-state index contributed by atoms with van der Waals surface area (Å²) in [5, 5.41) is 11.4. The third-order valence-corrected chi connectivity index (χ3v) is 4.72. The van der Waals surface area contributed by atoms with E-state index in [-0.39, 0.29) is 30.7 Å². The molecule has 1 aromatic heterocycles. The van der Waals surface area contributed by atoms with E-state index < -0.39 is 41.3 Å². The Morgan fingerprint density at radius 1 is 1.23 bits per heavy atom. The van der Waals surface area contributed by atoms with Crippen LogP contribution in [0.3, 0.4) is 0 Å². The summed E-state index contributed by atoms with van der Waals surface area (Å²) in [6, 6.07) is -1.19. The summed E-state index contributed by atoms with van der Waals surface area (Å²) in [6.45, 7) is 5.74. The van der Waals surface area contributed by atoms with Crippen molar-refractivity contribution in [2.45, 2.75) is 64.7 Å². The molecule has 1 heterocycles. The lowest BCUT2D eigenvalue weighted by Crippen LogP contribution is -2.42. The van der Waals surface area contributed by atoms with Crippen LogP contribution in [-0.4, -0.2) is 53.1 Å². The minimum Gasteiger partial charge on any atom is -0.481 e. The first-order valence-electron chi connectivity index (χ1n) is 10.2. The van der Waals surface area contributed by atoms with Gasteiger partial charge in [0.1, 0.15) is 6.04 Å². The molecule has 0 radical (unpaired) electrons. The van der Waals surface area contributed by atoms with E-state index in [1.54, 1.807) is 0 Å². The van der Waals surface area contributed by atoms with Crippen LogP contribution in [0.4, 0.5) is 13.2 Å². The van der Waals surface area contributed by atoms with Crippen molar-refractivity contribution >= 4 is 11.9 Å². The van der Waals surface area contributed by atoms with Crippen molar-refractivity contribution in [1.82, 2.24) is 14.8 Å². The molecule has 0 saturated carbocycles. The van der Waals surface area contributed by atoms with Crippen LogP contribution in [0.15, 0.2) is 17.1 Å². The van der Waals surface area contributed by atoms with Crippen LogP contribution >= 0.6 is 0 Å². The van der Waals surface area contributed by atoms with Gasteiger partial charge in [-0.15, -0.1) is 0 Å². The molecule has 1 unspecified atom stereocenters. The molecule has 0 spiro atoms. The van der Waals surface area contributed by atoms with E-state index in [1.165, 1.54) is 6.92 Å². The highest BCUT2D eigenvalue weighted by atomic mass is 19.4. The molecule has 1 rings (SSSR count). The van der Waals surface area contributed by atoms with Gasteiger partial charge in [0.2, 0.25) is 5.91 Å². The Balaban J connectivity index is 3.37. The number of rotatable bonds is 11. The highest BCUT2D eigenvalue weighted by Crippen LogP contribution is 2.32. The van der Waals surface area contributed by atoms with Crippen molar-refractivity contribution in [2.24, 2.45) is 5.92 Å². The number of halogens is 3. The van der Waals surface area contributed by atoms with Gasteiger partial charge in [-0.1, -0.05) is 13.8 Å². The lowest BCUT2D eigenvalue weighted by atomic mass is 10.00. The second-order valence-corrected chi connectivity index (χ2v) is 8.52. The van der Waals surface area contributed by atoms with Gasteiger partial charge in [0.15, 0.2) is 0 Å². The van der Waals surface area contributed by atoms with E-state index in [0.29, 0.717) is 19.0 Å². The van der Waals surface area contributed by atoms with Gasteiger partial charge >= 0.3 is 12.1 Å². The van der Waals surface area contributed by atoms with Gasteiger partial charge in [0.25, 0.3) is 5.56 Å². The van der Waals surface area contributed by atoms with Crippen LogP contribution in [-0.2, 0) is 22.2 Å². The second kappa shape index (κ2) is 11.3. The fraction of sp³-hybridized carbons (Fsp3) is 0.667. The van der Waals surface area contributed by atoms with Crippen LogP contribution in [0.2, 0.25) is 0 Å². The third-order valence-electron chi connectivity index (χ3n) is 4.72. The number of alkyl halides is 3. The maximum Gasteiger partial charge on any atom is 0.416 e. The summed E-state index contributed by atoms with van der Waals surface area (Å²) in [6.07, 6.45) is -3.09. The number of carboxylic acids is 1. The quantitative estimate of drug-likeness (QED) is 0.544. The van der Waals surface area contributed by atoms with Crippen molar-refractivity contribution in [3.8, 4) is 0 Å². The minimum atomic E-state index is -4.68. The van der Waals surface area contributed by atoms with Crippen LogP contribution < -0.4 is 10.9 Å². The lowest BCUT2D eigenvalue weighted by molar-refractivity contribution is -0.139. The third kappa shape index (κ3) is 8.72. The Morgan fingerprint density at radius 3 is 2.32 bits per heavy atom. The molecular weight excluding hydrogens is 415 g/mol. The highest BCUT2D eigenvalue weighted by molar-refractivity contribution is 5.81. The molecular formula is C21H32F3N3O4. The van der Waals surface area contributed by atoms with Crippen LogP contribution in [0, 0.1) is 5.92 Å². The van der Waals surface area contributed by atoms with E-state index >= 15 is 0 Å². The Bertz CT molecular complexity index is 819. The smallest absolute Gasteiger partial charge is 0.416 e. The number of pyridine rings is 1. The van der Waals surface area contributed by atoms with E-state index in [0.717, 1.165) is 10.8 Å². The molecule has 0 fully saturated rings. The molecule has 1 aromatic rings. The van der Waals surface area contributed by atoms with Crippen LogP contribution in [0.25, 0.3) is 0 Å². The zero-order valence-corrected chi connectivity index (χ0v) is 18.6. The first-order valence-corrected chi connectivity index (χ1v) is 10.2. The fourth-order valence-corrected chi connectivity index (χ4v) is 3.33. The minimum absolute atomic E-state index is 0.0306. The van der Waals surface area contributed by atoms with E-state index in [9.17, 15) is 27.6 Å². The summed E-state index contributed by atoms with van der Waals surface area (Å²) in [7, 11) is 3.62. The summed E-state index contributed by atoms with van der Waals surface area (Å²) >= 11 is 0. The Morgan fingerprint density at radius 2 is 1.84 bits per heavy atom. The summed E-state index contributed by atoms with van der Waals surface area (Å²) in [5.74, 6) is -1.72. The number of carboxylic acid groups (broad SMARTS) is 1. The van der Waals surface area contributed by atoms with Gasteiger partial charge in [0, 0.05) is 18.3 Å². The molecule has 176 valence electrons. The monoisotopic (exact) mass is 447 g/mol. The number of carbonyl (C=O) groups excluding carboxylic acids is 1. The fourth-order valence-electron chi connectivity index (χ4n) is 3.33. The van der Waals surface area contributed by atoms with Crippen molar-refractivity contribution in [3.63, 3.8) is 0 Å². The highest BCUT2D eigenvalue weighted by Gasteiger charge is 2.35. The summed E-state index contributed by atoms with van der Waals surface area (Å²) in [4.78, 5) is 38.1. The SMILES string of the molecule is CC(C)CC(C(=O)N[C@H](C)CC(=O)O)n1cc(CCCN(C)C)c(C(F)(F)F)cc1=O. The molecule has 7 nitrogen and oxygen atoms in total. The van der Waals surface area contributed by atoms with Crippen molar-refractivity contribution in [1.29, 1.82) is 0 Å². The normalized spacial score (nSPS) is 14.0. The van der Waals surface area contributed by atoms with E-state index in [2.05, 4.69) is 5.32 Å². The molecule has 31 heavy (non-hydrogen) atoms. The van der Waals surface area contributed by atoms with E-state index in [1.807, 2.05) is 32.8 Å². The Kier molecular flexibility index (Phi) is 9.73. The average molecular weight is 447 g/mol. The molecule has 0 bridgehead atoms. The predicted molar refractivity (Wildman–Crippen MR) is 111 cm³/mol. The first kappa shape index (κ1) is 26.7. The second-order valence-electron chi connectivity index (χ2n) is 8.52. The van der Waals surface area contributed by atoms with Gasteiger partial charge in [-0.05, 0) is 58.3 Å². The lowest BCUT2D eigenvalue weighted by Gasteiger charge is -2.25. The van der Waals surface area contributed by atoms with Crippen molar-refractivity contribution < 1.29 is 27.9 Å². The molecule has 1 amide bonds. The Labute approximate surface area is 180 Å². The molecule has 10 heteroatoms. The summed E-state index contributed by atoms with van der Waals surface area (Å²) in [5.41, 5.74) is -1.96. The number of aliphatic carboxylic acids is 1. The van der Waals surface area contributed by atoms with Crippen LogP contribution in [0.5, 0.6) is 0 Å². The maximum atomic E-state index is 13.5. The number of aryl methyl sites for hydroxylation is 1. The molecule has 2 atom stereocenters. The number of hydrogen-bond donors (Lipinski definition) is 2. The van der Waals surface area contributed by atoms with E-state index in [4.69, 9.17) is 5.11 Å². The van der Waals surface area contributed by atoms with Gasteiger partial charge in [0.05, 0.1) is 12.0 Å². The number of nitrogens with one attached hydrogen (secondary N) is 1. The zero-order valence-electron chi connectivity index (χ0n) is 18.6. The number of hydrogen-bond acceptors (Lipinski definition) is 4. The van der Waals surface area contributed by atoms with Gasteiger partial charge in [-0.2, -0.15) is 13.2 Å². The standard InChI is InChI=1S/C21H32F3N3O4/c1-13(2)9-17(20(31)25-14(3)10-19(29)30)27-12-15(7-6-8-26(4)5)16(11-18(27)28)21(22,23)24/h11-14,17H,6-10H2,1-5H3,(H,25,31)(H,29,30)/t14-,17?/m1/s1. The predicted octanol–water partition coefficient (Wildman–Crippen LogP) is 2.93. The van der Waals surface area contributed by atoms with Crippen molar-refractivity contribution in [2.75, 3.05) is 20.6 Å². The van der Waals surface area contributed by atoms with Gasteiger partial charge < -0.3 is 19.9 Å². The molecule has 0 aliphatic rings. The number of carbonyl (C=O) groups is 2. The topological polar surface area (TPSA) is 91.6 Å².